The van der Waals surface area contributed by atoms with Crippen molar-refractivity contribution >= 4 is 11.6 Å². The second-order valence-electron chi connectivity index (χ2n) is 7.19. The van der Waals surface area contributed by atoms with Crippen LogP contribution in [0, 0.1) is 0 Å². The summed E-state index contributed by atoms with van der Waals surface area (Å²) in [4.78, 5) is 12.4. The minimum Gasteiger partial charge on any atom is -0.481 e. The summed E-state index contributed by atoms with van der Waals surface area (Å²) in [7, 11) is 0. The quantitative estimate of drug-likeness (QED) is 0.734. The highest BCUT2D eigenvalue weighted by molar-refractivity contribution is 5.94. The third-order valence-corrected chi connectivity index (χ3v) is 5.04. The van der Waals surface area contributed by atoms with Crippen LogP contribution in [0.5, 0.6) is 5.75 Å². The SMILES string of the molecule is CCCCc1ccc(NC(=O)C(C)Oc2ccc3c(c2)CCCC3)cc1. The van der Waals surface area contributed by atoms with E-state index < -0.39 is 6.10 Å². The number of hydrogen-bond donors (Lipinski definition) is 1. The maximum Gasteiger partial charge on any atom is 0.265 e. The van der Waals surface area contributed by atoms with E-state index >= 15 is 0 Å². The number of ether oxygens (including phenoxy) is 1. The second-order valence-corrected chi connectivity index (χ2v) is 7.19. The Kier molecular flexibility index (Phi) is 6.32. The van der Waals surface area contributed by atoms with Crippen molar-refractivity contribution < 1.29 is 9.53 Å². The largest absolute Gasteiger partial charge is 0.481 e. The van der Waals surface area contributed by atoms with Crippen LogP contribution in [0.4, 0.5) is 5.69 Å². The normalized spacial score (nSPS) is 14.4. The van der Waals surface area contributed by atoms with E-state index in [1.807, 2.05) is 18.2 Å². The molecule has 0 bridgehead atoms. The number of rotatable bonds is 7. The molecule has 1 aliphatic rings. The van der Waals surface area contributed by atoms with Crippen molar-refractivity contribution in [3.05, 3.63) is 59.2 Å². The van der Waals surface area contributed by atoms with Gasteiger partial charge in [0.1, 0.15) is 5.75 Å². The van der Waals surface area contributed by atoms with Gasteiger partial charge in [0.25, 0.3) is 5.91 Å². The molecule has 26 heavy (non-hydrogen) atoms. The van der Waals surface area contributed by atoms with Gasteiger partial charge in [-0.3, -0.25) is 4.79 Å². The van der Waals surface area contributed by atoms with Gasteiger partial charge in [-0.05, 0) is 86.4 Å². The first-order chi connectivity index (χ1) is 12.7. The van der Waals surface area contributed by atoms with Gasteiger partial charge in [0.15, 0.2) is 6.10 Å². The fourth-order valence-corrected chi connectivity index (χ4v) is 3.42. The highest BCUT2D eigenvalue weighted by Gasteiger charge is 2.16. The minimum atomic E-state index is -0.531. The molecule has 138 valence electrons. The third-order valence-electron chi connectivity index (χ3n) is 5.04. The van der Waals surface area contributed by atoms with Crippen LogP contribution >= 0.6 is 0 Å². The number of carbonyl (C=O) groups excluding carboxylic acids is 1. The van der Waals surface area contributed by atoms with Crippen molar-refractivity contribution in [3.63, 3.8) is 0 Å². The topological polar surface area (TPSA) is 38.3 Å². The van der Waals surface area contributed by atoms with Gasteiger partial charge in [0, 0.05) is 5.69 Å². The van der Waals surface area contributed by atoms with E-state index in [9.17, 15) is 4.79 Å². The Morgan fingerprint density at radius 3 is 2.54 bits per heavy atom. The van der Waals surface area contributed by atoms with Gasteiger partial charge in [0.2, 0.25) is 0 Å². The second kappa shape index (κ2) is 8.88. The minimum absolute atomic E-state index is 0.121. The van der Waals surface area contributed by atoms with Gasteiger partial charge < -0.3 is 10.1 Å². The van der Waals surface area contributed by atoms with Crippen molar-refractivity contribution in [3.8, 4) is 5.75 Å². The van der Waals surface area contributed by atoms with Gasteiger partial charge in [0.05, 0.1) is 0 Å². The number of amides is 1. The van der Waals surface area contributed by atoms with Gasteiger partial charge >= 0.3 is 0 Å². The van der Waals surface area contributed by atoms with Crippen molar-refractivity contribution in [1.29, 1.82) is 0 Å². The Morgan fingerprint density at radius 2 is 1.81 bits per heavy atom. The van der Waals surface area contributed by atoms with Gasteiger partial charge in [-0.15, -0.1) is 0 Å². The average molecular weight is 351 g/mol. The van der Waals surface area contributed by atoms with Crippen LogP contribution in [0.15, 0.2) is 42.5 Å². The first-order valence-electron chi connectivity index (χ1n) is 9.84. The molecule has 2 aromatic rings. The predicted octanol–water partition coefficient (Wildman–Crippen LogP) is 5.31. The van der Waals surface area contributed by atoms with E-state index in [0.29, 0.717) is 0 Å². The lowest BCUT2D eigenvalue weighted by Crippen LogP contribution is -2.30. The summed E-state index contributed by atoms with van der Waals surface area (Å²) >= 11 is 0. The molecule has 0 saturated carbocycles. The molecule has 1 amide bonds. The van der Waals surface area contributed by atoms with E-state index in [4.69, 9.17) is 4.74 Å². The van der Waals surface area contributed by atoms with Crippen LogP contribution in [0.25, 0.3) is 0 Å². The summed E-state index contributed by atoms with van der Waals surface area (Å²) in [5, 5.41) is 2.94. The molecule has 0 fully saturated rings. The smallest absolute Gasteiger partial charge is 0.265 e. The van der Waals surface area contributed by atoms with Crippen molar-refractivity contribution in [2.75, 3.05) is 5.32 Å². The molecule has 0 aromatic heterocycles. The number of benzene rings is 2. The molecule has 0 saturated heterocycles. The van der Waals surface area contributed by atoms with Crippen molar-refractivity contribution in [2.24, 2.45) is 0 Å². The van der Waals surface area contributed by atoms with Crippen LogP contribution in [-0.4, -0.2) is 12.0 Å². The third kappa shape index (κ3) is 4.87. The molecule has 1 N–H and O–H groups in total. The van der Waals surface area contributed by atoms with E-state index in [0.717, 1.165) is 30.7 Å². The van der Waals surface area contributed by atoms with Crippen LogP contribution < -0.4 is 10.1 Å². The molecule has 2 aromatic carbocycles. The molecule has 1 atom stereocenters. The number of carbonyl (C=O) groups is 1. The zero-order valence-corrected chi connectivity index (χ0v) is 15.9. The predicted molar refractivity (Wildman–Crippen MR) is 107 cm³/mol. The highest BCUT2D eigenvalue weighted by Crippen LogP contribution is 2.26. The molecule has 1 aliphatic carbocycles. The van der Waals surface area contributed by atoms with Crippen molar-refractivity contribution in [1.82, 2.24) is 0 Å². The summed E-state index contributed by atoms with van der Waals surface area (Å²) in [6.07, 6.45) is 7.70. The first-order valence-corrected chi connectivity index (χ1v) is 9.84. The number of nitrogens with one attached hydrogen (secondary N) is 1. The standard InChI is InChI=1S/C23H29NO2/c1-3-4-7-18-10-13-21(14-11-18)24-23(25)17(2)26-22-15-12-19-8-5-6-9-20(19)16-22/h10-17H,3-9H2,1-2H3,(H,24,25). The monoisotopic (exact) mass is 351 g/mol. The van der Waals surface area contributed by atoms with E-state index in [2.05, 4.69) is 36.5 Å². The van der Waals surface area contributed by atoms with E-state index in [1.54, 1.807) is 6.92 Å². The molecule has 0 heterocycles. The molecule has 0 radical (unpaired) electrons. The molecular formula is C23H29NO2. The summed E-state index contributed by atoms with van der Waals surface area (Å²) in [5.41, 5.74) is 4.91. The summed E-state index contributed by atoms with van der Waals surface area (Å²) in [6.45, 7) is 3.99. The number of aryl methyl sites for hydroxylation is 3. The van der Waals surface area contributed by atoms with Gasteiger partial charge in [-0.25, -0.2) is 0 Å². The maximum absolute atomic E-state index is 12.4. The number of fused-ring (bicyclic) bond motifs is 1. The summed E-state index contributed by atoms with van der Waals surface area (Å²) in [5.74, 6) is 0.659. The van der Waals surface area contributed by atoms with Crippen LogP contribution in [-0.2, 0) is 24.1 Å². The number of hydrogen-bond acceptors (Lipinski definition) is 2. The molecular weight excluding hydrogens is 322 g/mol. The molecule has 1 unspecified atom stereocenters. The lowest BCUT2D eigenvalue weighted by Gasteiger charge is -2.19. The first kappa shape index (κ1) is 18.5. The molecule has 3 rings (SSSR count). The lowest BCUT2D eigenvalue weighted by molar-refractivity contribution is -0.122. The molecule has 0 spiro atoms. The van der Waals surface area contributed by atoms with Crippen LogP contribution in [0.1, 0.15) is 56.2 Å². The van der Waals surface area contributed by atoms with Gasteiger partial charge in [-0.1, -0.05) is 31.5 Å². The Morgan fingerprint density at radius 1 is 1.08 bits per heavy atom. The van der Waals surface area contributed by atoms with Gasteiger partial charge in [-0.2, -0.15) is 0 Å². The molecule has 0 aliphatic heterocycles. The maximum atomic E-state index is 12.4. The molecule has 3 heteroatoms. The Labute approximate surface area is 156 Å². The Bertz CT molecular complexity index is 736. The Hall–Kier alpha value is -2.29. The lowest BCUT2D eigenvalue weighted by atomic mass is 9.92. The number of anilines is 1. The van der Waals surface area contributed by atoms with Crippen molar-refractivity contribution in [2.45, 2.75) is 64.9 Å². The number of unbranched alkanes of at least 4 members (excludes halogenated alkanes) is 1. The zero-order chi connectivity index (χ0) is 18.4. The summed E-state index contributed by atoms with van der Waals surface area (Å²) in [6, 6.07) is 14.3. The molecule has 3 nitrogen and oxygen atoms in total. The fraction of sp³-hybridized carbons (Fsp3) is 0.435. The fourth-order valence-electron chi connectivity index (χ4n) is 3.42. The highest BCUT2D eigenvalue weighted by atomic mass is 16.5. The zero-order valence-electron chi connectivity index (χ0n) is 15.9. The van der Waals surface area contributed by atoms with E-state index in [1.165, 1.54) is 42.4 Å². The summed E-state index contributed by atoms with van der Waals surface area (Å²) < 4.78 is 5.88. The van der Waals surface area contributed by atoms with Crippen LogP contribution in [0.3, 0.4) is 0 Å². The van der Waals surface area contributed by atoms with E-state index in [-0.39, 0.29) is 5.91 Å². The Balaban J connectivity index is 1.56. The average Bonchev–Trinajstić information content (AvgIpc) is 2.67. The van der Waals surface area contributed by atoms with Crippen LogP contribution in [0.2, 0.25) is 0 Å².